The first kappa shape index (κ1) is 22.3. The van der Waals surface area contributed by atoms with Gasteiger partial charge >= 0.3 is 5.97 Å². The second-order valence-corrected chi connectivity index (χ2v) is 6.48. The molecular weight excluding hydrogens is 372 g/mol. The van der Waals surface area contributed by atoms with Crippen molar-refractivity contribution >= 4 is 11.8 Å². The summed E-state index contributed by atoms with van der Waals surface area (Å²) in [6.07, 6.45) is 1.36. The Bertz CT molecular complexity index is 872. The van der Waals surface area contributed by atoms with E-state index in [0.29, 0.717) is 41.2 Å². The molecule has 0 aliphatic carbocycles. The van der Waals surface area contributed by atoms with Crippen molar-refractivity contribution < 1.29 is 28.9 Å². The predicted octanol–water partition coefficient (Wildman–Crippen LogP) is 4.70. The van der Waals surface area contributed by atoms with Crippen molar-refractivity contribution in [3.8, 4) is 17.2 Å². The summed E-state index contributed by atoms with van der Waals surface area (Å²) in [4.78, 5) is 24.0. The number of aromatic hydroxyl groups is 1. The average Bonchev–Trinajstić information content (AvgIpc) is 2.69. The zero-order valence-electron chi connectivity index (χ0n) is 17.4. The van der Waals surface area contributed by atoms with Crippen molar-refractivity contribution in [1.29, 1.82) is 0 Å². The molecule has 6 heteroatoms. The molecule has 0 radical (unpaired) electrons. The summed E-state index contributed by atoms with van der Waals surface area (Å²) in [7, 11) is 0. The second kappa shape index (κ2) is 10.5. The molecule has 0 heterocycles. The first-order valence-corrected chi connectivity index (χ1v) is 9.84. The van der Waals surface area contributed by atoms with Crippen LogP contribution in [0.4, 0.5) is 0 Å². The van der Waals surface area contributed by atoms with Crippen molar-refractivity contribution in [2.45, 2.75) is 47.1 Å². The summed E-state index contributed by atoms with van der Waals surface area (Å²) < 4.78 is 16.8. The van der Waals surface area contributed by atoms with Gasteiger partial charge in [-0.15, -0.1) is 0 Å². The highest BCUT2D eigenvalue weighted by Crippen LogP contribution is 2.34. The molecule has 156 valence electrons. The zero-order chi connectivity index (χ0) is 21.4. The van der Waals surface area contributed by atoms with Gasteiger partial charge in [-0.25, -0.2) is 4.79 Å². The molecule has 0 saturated carbocycles. The first-order valence-electron chi connectivity index (χ1n) is 9.84. The van der Waals surface area contributed by atoms with Gasteiger partial charge in [0.2, 0.25) is 0 Å². The van der Waals surface area contributed by atoms with E-state index in [2.05, 4.69) is 0 Å². The Morgan fingerprint density at radius 2 is 1.72 bits per heavy atom. The highest BCUT2D eigenvalue weighted by Gasteiger charge is 2.19. The number of phenols is 1. The van der Waals surface area contributed by atoms with E-state index in [1.165, 1.54) is 6.92 Å². The van der Waals surface area contributed by atoms with Crippen LogP contribution in [0.2, 0.25) is 0 Å². The van der Waals surface area contributed by atoms with E-state index in [0.717, 1.165) is 6.42 Å². The largest absolute Gasteiger partial charge is 0.507 e. The molecule has 0 spiro atoms. The standard InChI is InChI=1S/C23H28O6/c1-5-9-18-20(13-12-17(15(4)24)21(18)25)29-14-16-10-8-11-19(22(16)27-6-2)23(26)28-7-3/h8,10-13,25H,5-7,9,14H2,1-4H3. The lowest BCUT2D eigenvalue weighted by molar-refractivity contribution is 0.0521. The number of hydrogen-bond acceptors (Lipinski definition) is 6. The van der Waals surface area contributed by atoms with Gasteiger partial charge in [0.25, 0.3) is 0 Å². The Labute approximate surface area is 171 Å². The van der Waals surface area contributed by atoms with Crippen LogP contribution in [-0.4, -0.2) is 30.1 Å². The third-order valence-corrected chi connectivity index (χ3v) is 4.38. The quantitative estimate of drug-likeness (QED) is 0.460. The summed E-state index contributed by atoms with van der Waals surface area (Å²) in [6.45, 7) is 7.78. The lowest BCUT2D eigenvalue weighted by Crippen LogP contribution is -2.11. The molecule has 2 rings (SSSR count). The van der Waals surface area contributed by atoms with Crippen molar-refractivity contribution in [1.82, 2.24) is 0 Å². The Hall–Kier alpha value is -3.02. The lowest BCUT2D eigenvalue weighted by Gasteiger charge is -2.17. The van der Waals surface area contributed by atoms with Gasteiger partial charge in [0.15, 0.2) is 5.78 Å². The maximum atomic E-state index is 12.2. The fourth-order valence-electron chi connectivity index (χ4n) is 3.07. The molecule has 0 fully saturated rings. The molecule has 0 amide bonds. The Balaban J connectivity index is 2.36. The monoisotopic (exact) mass is 400 g/mol. The van der Waals surface area contributed by atoms with E-state index in [9.17, 15) is 14.7 Å². The number of carbonyl (C=O) groups excluding carboxylic acids is 2. The molecule has 0 aliphatic rings. The molecule has 29 heavy (non-hydrogen) atoms. The molecule has 2 aromatic carbocycles. The van der Waals surface area contributed by atoms with Crippen LogP contribution in [0.3, 0.4) is 0 Å². The third-order valence-electron chi connectivity index (χ3n) is 4.38. The molecule has 6 nitrogen and oxygen atoms in total. The van der Waals surface area contributed by atoms with Crippen LogP contribution < -0.4 is 9.47 Å². The van der Waals surface area contributed by atoms with Crippen LogP contribution in [-0.2, 0) is 17.8 Å². The molecule has 0 aromatic heterocycles. The van der Waals surface area contributed by atoms with E-state index < -0.39 is 5.97 Å². The molecule has 0 unspecified atom stereocenters. The van der Waals surface area contributed by atoms with E-state index in [-0.39, 0.29) is 30.3 Å². The Morgan fingerprint density at radius 3 is 2.34 bits per heavy atom. The minimum absolute atomic E-state index is 0.0397. The summed E-state index contributed by atoms with van der Waals surface area (Å²) in [5.41, 5.74) is 1.91. The van der Waals surface area contributed by atoms with Crippen LogP contribution in [0.1, 0.15) is 66.0 Å². The van der Waals surface area contributed by atoms with Crippen LogP contribution >= 0.6 is 0 Å². The molecule has 2 aromatic rings. The van der Waals surface area contributed by atoms with Crippen LogP contribution in [0.25, 0.3) is 0 Å². The number of rotatable bonds is 10. The molecule has 0 aliphatic heterocycles. The van der Waals surface area contributed by atoms with E-state index in [1.54, 1.807) is 31.2 Å². The fraction of sp³-hybridized carbons (Fsp3) is 0.391. The number of ketones is 1. The number of ether oxygens (including phenoxy) is 3. The topological polar surface area (TPSA) is 82.1 Å². The molecule has 0 atom stereocenters. The summed E-state index contributed by atoms with van der Waals surface area (Å²) >= 11 is 0. The average molecular weight is 400 g/mol. The highest BCUT2D eigenvalue weighted by atomic mass is 16.5. The summed E-state index contributed by atoms with van der Waals surface area (Å²) in [6, 6.07) is 8.47. The summed E-state index contributed by atoms with van der Waals surface area (Å²) in [5, 5.41) is 10.5. The number of Topliss-reactive ketones (excluding diaryl/α,β-unsaturated/α-hetero) is 1. The zero-order valence-corrected chi connectivity index (χ0v) is 17.4. The summed E-state index contributed by atoms with van der Waals surface area (Å²) in [5.74, 6) is 0.232. The van der Waals surface area contributed by atoms with Gasteiger partial charge in [-0.1, -0.05) is 25.5 Å². The maximum Gasteiger partial charge on any atom is 0.341 e. The minimum atomic E-state index is -0.451. The Morgan fingerprint density at radius 1 is 0.966 bits per heavy atom. The fourth-order valence-corrected chi connectivity index (χ4v) is 3.07. The second-order valence-electron chi connectivity index (χ2n) is 6.48. The van der Waals surface area contributed by atoms with Gasteiger partial charge in [-0.2, -0.15) is 0 Å². The SMILES string of the molecule is CCCc1c(OCc2cccc(C(=O)OCC)c2OCC)ccc(C(C)=O)c1O. The molecular formula is C23H28O6. The highest BCUT2D eigenvalue weighted by molar-refractivity contribution is 5.97. The van der Waals surface area contributed by atoms with Gasteiger partial charge in [0, 0.05) is 11.1 Å². The van der Waals surface area contributed by atoms with Crippen molar-refractivity contribution in [2.75, 3.05) is 13.2 Å². The van der Waals surface area contributed by atoms with Gasteiger partial charge in [-0.3, -0.25) is 4.79 Å². The van der Waals surface area contributed by atoms with E-state index in [4.69, 9.17) is 14.2 Å². The first-order chi connectivity index (χ1) is 13.9. The number of phenolic OH excluding ortho intramolecular Hbond substituents is 1. The number of benzene rings is 2. The minimum Gasteiger partial charge on any atom is -0.507 e. The van der Waals surface area contributed by atoms with E-state index in [1.807, 2.05) is 19.9 Å². The Kier molecular flexibility index (Phi) is 8.07. The van der Waals surface area contributed by atoms with Gasteiger partial charge in [0.05, 0.1) is 18.8 Å². The van der Waals surface area contributed by atoms with Gasteiger partial charge in [-0.05, 0) is 45.4 Å². The smallest absolute Gasteiger partial charge is 0.341 e. The van der Waals surface area contributed by atoms with Gasteiger partial charge in [0.1, 0.15) is 29.4 Å². The van der Waals surface area contributed by atoms with Crippen LogP contribution in [0, 0.1) is 0 Å². The molecule has 0 bridgehead atoms. The number of para-hydroxylation sites is 1. The molecule has 1 N–H and O–H groups in total. The normalized spacial score (nSPS) is 10.5. The van der Waals surface area contributed by atoms with Crippen molar-refractivity contribution in [3.05, 3.63) is 52.6 Å². The van der Waals surface area contributed by atoms with Crippen molar-refractivity contribution in [2.24, 2.45) is 0 Å². The predicted molar refractivity (Wildman–Crippen MR) is 110 cm³/mol. The number of carbonyl (C=O) groups is 2. The van der Waals surface area contributed by atoms with E-state index >= 15 is 0 Å². The number of esters is 1. The van der Waals surface area contributed by atoms with Crippen molar-refractivity contribution in [3.63, 3.8) is 0 Å². The van der Waals surface area contributed by atoms with Crippen LogP contribution in [0.15, 0.2) is 30.3 Å². The lowest BCUT2D eigenvalue weighted by atomic mass is 10.0. The maximum absolute atomic E-state index is 12.2. The third kappa shape index (κ3) is 5.28. The van der Waals surface area contributed by atoms with Crippen LogP contribution in [0.5, 0.6) is 17.2 Å². The number of hydrogen-bond donors (Lipinski definition) is 1. The molecule has 0 saturated heterocycles. The van der Waals surface area contributed by atoms with Gasteiger partial charge < -0.3 is 19.3 Å².